The first-order valence-electron chi connectivity index (χ1n) is 10.1. The molecule has 0 aliphatic carbocycles. The standard InChI is InChI=1S/C24H24N2O7S/c1-26(18-7-5-4-6-8-18)34(29,30)20-12-9-17(10-13-20)24(28)33-16-23(27)25-21-15-19(31-2)11-14-22(21)32-3/h4-15H,16H2,1-3H3,(H,25,27). The minimum atomic E-state index is -3.81. The van der Waals surface area contributed by atoms with Crippen molar-refractivity contribution in [2.45, 2.75) is 4.90 Å². The molecule has 10 heteroatoms. The van der Waals surface area contributed by atoms with Gasteiger partial charge in [0.25, 0.3) is 15.9 Å². The van der Waals surface area contributed by atoms with Crippen molar-refractivity contribution >= 4 is 33.3 Å². The maximum Gasteiger partial charge on any atom is 0.338 e. The molecule has 3 aromatic rings. The van der Waals surface area contributed by atoms with E-state index in [9.17, 15) is 18.0 Å². The lowest BCUT2D eigenvalue weighted by Gasteiger charge is -2.19. The number of hydrogen-bond acceptors (Lipinski definition) is 7. The largest absolute Gasteiger partial charge is 0.497 e. The fourth-order valence-electron chi connectivity index (χ4n) is 3.01. The second kappa shape index (κ2) is 10.7. The van der Waals surface area contributed by atoms with Gasteiger partial charge in [0.05, 0.1) is 36.1 Å². The number of methoxy groups -OCH3 is 2. The highest BCUT2D eigenvalue weighted by Crippen LogP contribution is 2.29. The summed E-state index contributed by atoms with van der Waals surface area (Å²) in [6, 6.07) is 18.8. The van der Waals surface area contributed by atoms with Crippen LogP contribution in [-0.4, -0.2) is 48.2 Å². The maximum atomic E-state index is 12.8. The lowest BCUT2D eigenvalue weighted by atomic mass is 10.2. The van der Waals surface area contributed by atoms with Gasteiger partial charge in [-0.25, -0.2) is 13.2 Å². The van der Waals surface area contributed by atoms with E-state index in [4.69, 9.17) is 14.2 Å². The summed E-state index contributed by atoms with van der Waals surface area (Å²) < 4.78 is 42.2. The van der Waals surface area contributed by atoms with Crippen LogP contribution < -0.4 is 19.1 Å². The van der Waals surface area contributed by atoms with E-state index in [1.807, 2.05) is 0 Å². The number of rotatable bonds is 9. The number of anilines is 2. The third-order valence-electron chi connectivity index (χ3n) is 4.88. The molecule has 0 atom stereocenters. The summed E-state index contributed by atoms with van der Waals surface area (Å²) >= 11 is 0. The molecule has 0 aromatic heterocycles. The van der Waals surface area contributed by atoms with E-state index in [1.165, 1.54) is 45.5 Å². The number of hydrogen-bond donors (Lipinski definition) is 1. The Labute approximate surface area is 197 Å². The fraction of sp³-hybridized carbons (Fsp3) is 0.167. The lowest BCUT2D eigenvalue weighted by Crippen LogP contribution is -2.26. The molecule has 0 radical (unpaired) electrons. The minimum Gasteiger partial charge on any atom is -0.497 e. The topological polar surface area (TPSA) is 111 Å². The Morgan fingerprint density at radius 2 is 1.59 bits per heavy atom. The number of benzene rings is 3. The van der Waals surface area contributed by atoms with Crippen LogP contribution >= 0.6 is 0 Å². The molecule has 3 aromatic carbocycles. The molecule has 1 amide bonds. The van der Waals surface area contributed by atoms with Gasteiger partial charge in [-0.15, -0.1) is 0 Å². The van der Waals surface area contributed by atoms with Gasteiger partial charge >= 0.3 is 5.97 Å². The van der Waals surface area contributed by atoms with Gasteiger partial charge in [-0.2, -0.15) is 0 Å². The van der Waals surface area contributed by atoms with Crippen LogP contribution in [0.4, 0.5) is 11.4 Å². The van der Waals surface area contributed by atoms with Gasteiger partial charge in [0, 0.05) is 13.1 Å². The first-order valence-corrected chi connectivity index (χ1v) is 11.5. The van der Waals surface area contributed by atoms with E-state index < -0.39 is 28.5 Å². The lowest BCUT2D eigenvalue weighted by molar-refractivity contribution is -0.119. The summed E-state index contributed by atoms with van der Waals surface area (Å²) in [7, 11) is 0.584. The molecule has 0 saturated heterocycles. The number of nitrogens with one attached hydrogen (secondary N) is 1. The van der Waals surface area contributed by atoms with Gasteiger partial charge in [0.1, 0.15) is 11.5 Å². The average molecular weight is 485 g/mol. The number of ether oxygens (including phenoxy) is 3. The van der Waals surface area contributed by atoms with Crippen molar-refractivity contribution < 1.29 is 32.2 Å². The molecule has 0 spiro atoms. The highest BCUT2D eigenvalue weighted by atomic mass is 32.2. The first-order chi connectivity index (χ1) is 16.3. The molecule has 0 aliphatic rings. The van der Waals surface area contributed by atoms with Crippen LogP contribution in [0, 0.1) is 0 Å². The zero-order valence-corrected chi connectivity index (χ0v) is 19.7. The van der Waals surface area contributed by atoms with Gasteiger partial charge < -0.3 is 19.5 Å². The van der Waals surface area contributed by atoms with Crippen LogP contribution in [0.2, 0.25) is 0 Å². The SMILES string of the molecule is COc1ccc(OC)c(NC(=O)COC(=O)c2ccc(S(=O)(=O)N(C)c3ccccc3)cc2)c1. The van der Waals surface area contributed by atoms with Crippen LogP contribution in [0.15, 0.2) is 77.7 Å². The number of esters is 1. The van der Waals surface area contributed by atoms with Crippen molar-refractivity contribution in [3.8, 4) is 11.5 Å². The van der Waals surface area contributed by atoms with Gasteiger partial charge in [0.15, 0.2) is 6.61 Å². The van der Waals surface area contributed by atoms with Crippen LogP contribution in [0.3, 0.4) is 0 Å². The molecular formula is C24H24N2O7S. The Balaban J connectivity index is 1.62. The van der Waals surface area contributed by atoms with Gasteiger partial charge in [-0.3, -0.25) is 9.10 Å². The molecule has 178 valence electrons. The van der Waals surface area contributed by atoms with Crippen LogP contribution in [0.25, 0.3) is 0 Å². The average Bonchev–Trinajstić information content (AvgIpc) is 2.87. The predicted octanol–water partition coefficient (Wildman–Crippen LogP) is 3.32. The molecule has 0 saturated carbocycles. The van der Waals surface area contributed by atoms with Crippen molar-refractivity contribution in [2.75, 3.05) is 37.5 Å². The van der Waals surface area contributed by atoms with Crippen LogP contribution in [0.1, 0.15) is 10.4 Å². The Kier molecular flexibility index (Phi) is 7.75. The second-order valence-corrected chi connectivity index (χ2v) is 8.99. The normalized spacial score (nSPS) is 10.8. The van der Waals surface area contributed by atoms with E-state index in [2.05, 4.69) is 5.32 Å². The number of carbonyl (C=O) groups excluding carboxylic acids is 2. The first kappa shape index (κ1) is 24.6. The monoisotopic (exact) mass is 484 g/mol. The minimum absolute atomic E-state index is 0.0123. The number of nitrogens with zero attached hydrogens (tertiary/aromatic N) is 1. The van der Waals surface area contributed by atoms with Gasteiger partial charge in [0.2, 0.25) is 0 Å². The van der Waals surface area contributed by atoms with Crippen molar-refractivity contribution in [3.05, 3.63) is 78.4 Å². The Morgan fingerprint density at radius 3 is 2.21 bits per heavy atom. The van der Waals surface area contributed by atoms with Gasteiger partial charge in [-0.05, 0) is 48.5 Å². The Hall–Kier alpha value is -4.05. The number of amides is 1. The van der Waals surface area contributed by atoms with Crippen LogP contribution in [0.5, 0.6) is 11.5 Å². The van der Waals surface area contributed by atoms with E-state index in [1.54, 1.807) is 48.5 Å². The summed E-state index contributed by atoms with van der Waals surface area (Å²) in [6.45, 7) is -0.546. The molecule has 9 nitrogen and oxygen atoms in total. The van der Waals surface area contributed by atoms with Crippen molar-refractivity contribution in [1.29, 1.82) is 0 Å². The van der Waals surface area contributed by atoms with Crippen molar-refractivity contribution in [2.24, 2.45) is 0 Å². The van der Waals surface area contributed by atoms with Gasteiger partial charge in [-0.1, -0.05) is 18.2 Å². The summed E-state index contributed by atoms with van der Waals surface area (Å²) in [4.78, 5) is 24.6. The molecule has 0 heterocycles. The van der Waals surface area contributed by atoms with Crippen LogP contribution in [-0.2, 0) is 19.6 Å². The molecule has 0 bridgehead atoms. The third-order valence-corrected chi connectivity index (χ3v) is 6.68. The Bertz CT molecular complexity index is 1260. The summed E-state index contributed by atoms with van der Waals surface area (Å²) in [5.74, 6) is -0.421. The summed E-state index contributed by atoms with van der Waals surface area (Å²) in [6.07, 6.45) is 0. The zero-order valence-electron chi connectivity index (χ0n) is 18.8. The molecular weight excluding hydrogens is 460 g/mol. The second-order valence-electron chi connectivity index (χ2n) is 7.02. The quantitative estimate of drug-likeness (QED) is 0.464. The predicted molar refractivity (Wildman–Crippen MR) is 127 cm³/mol. The number of carbonyl (C=O) groups is 2. The number of sulfonamides is 1. The molecule has 1 N–H and O–H groups in total. The summed E-state index contributed by atoms with van der Waals surface area (Å²) in [5.41, 5.74) is 0.970. The van der Waals surface area contributed by atoms with E-state index in [0.717, 1.165) is 4.31 Å². The van der Waals surface area contributed by atoms with E-state index in [0.29, 0.717) is 22.9 Å². The third kappa shape index (κ3) is 5.65. The molecule has 0 unspecified atom stereocenters. The maximum absolute atomic E-state index is 12.8. The zero-order chi connectivity index (χ0) is 24.7. The highest BCUT2D eigenvalue weighted by molar-refractivity contribution is 7.92. The van der Waals surface area contributed by atoms with Crippen molar-refractivity contribution in [1.82, 2.24) is 0 Å². The molecule has 0 aliphatic heterocycles. The highest BCUT2D eigenvalue weighted by Gasteiger charge is 2.22. The number of para-hydroxylation sites is 1. The molecule has 34 heavy (non-hydrogen) atoms. The molecule has 3 rings (SSSR count). The molecule has 0 fully saturated rings. The van der Waals surface area contributed by atoms with Crippen molar-refractivity contribution in [3.63, 3.8) is 0 Å². The van der Waals surface area contributed by atoms with E-state index in [-0.39, 0.29) is 10.5 Å². The smallest absolute Gasteiger partial charge is 0.338 e. The van der Waals surface area contributed by atoms with E-state index >= 15 is 0 Å². The summed E-state index contributed by atoms with van der Waals surface area (Å²) in [5, 5.41) is 2.59. The fourth-order valence-corrected chi connectivity index (χ4v) is 4.21. The Morgan fingerprint density at radius 1 is 0.912 bits per heavy atom.